The predicted molar refractivity (Wildman–Crippen MR) is 69.5 cm³/mol. The second-order valence-electron chi connectivity index (χ2n) is 4.32. The lowest BCUT2D eigenvalue weighted by Crippen LogP contribution is -2.30. The molecule has 0 radical (unpaired) electrons. The molecule has 1 aromatic heterocycles. The highest BCUT2D eigenvalue weighted by Gasteiger charge is 2.17. The van der Waals surface area contributed by atoms with Crippen molar-refractivity contribution in [3.8, 4) is 11.8 Å². The van der Waals surface area contributed by atoms with Crippen LogP contribution in [0.25, 0.3) is 0 Å². The zero-order valence-electron chi connectivity index (χ0n) is 10.6. The lowest BCUT2D eigenvalue weighted by molar-refractivity contribution is 0.0944. The monoisotopic (exact) mass is 260 g/mol. The van der Waals surface area contributed by atoms with Gasteiger partial charge in [0.05, 0.1) is 17.7 Å². The Kier molecular flexibility index (Phi) is 4.90. The van der Waals surface area contributed by atoms with E-state index in [4.69, 9.17) is 9.84 Å². The number of aromatic nitrogens is 1. The summed E-state index contributed by atoms with van der Waals surface area (Å²) in [5, 5.41) is 11.6. The Morgan fingerprint density at radius 1 is 1.63 bits per heavy atom. The van der Waals surface area contributed by atoms with Crippen molar-refractivity contribution in [3.63, 3.8) is 0 Å². The number of carbonyl (C=O) groups is 1. The van der Waals surface area contributed by atoms with E-state index in [9.17, 15) is 4.79 Å². The van der Waals surface area contributed by atoms with Crippen molar-refractivity contribution in [1.82, 2.24) is 10.3 Å². The highest BCUT2D eigenvalue weighted by atomic mass is 16.5. The Morgan fingerprint density at radius 2 is 2.53 bits per heavy atom. The maximum atomic E-state index is 12.1. The number of carbonyl (C=O) groups excluding carboxylic acids is 1. The van der Waals surface area contributed by atoms with Gasteiger partial charge in [0.1, 0.15) is 6.61 Å². The van der Waals surface area contributed by atoms with E-state index >= 15 is 0 Å². The van der Waals surface area contributed by atoms with Crippen LogP contribution in [0.1, 0.15) is 22.3 Å². The molecule has 5 heteroatoms. The van der Waals surface area contributed by atoms with Crippen molar-refractivity contribution in [2.24, 2.45) is 5.92 Å². The maximum Gasteiger partial charge on any atom is 0.252 e. The molecule has 2 heterocycles. The van der Waals surface area contributed by atoms with Gasteiger partial charge in [0, 0.05) is 31.5 Å². The van der Waals surface area contributed by atoms with E-state index in [1.165, 1.54) is 6.20 Å². The largest absolute Gasteiger partial charge is 0.384 e. The number of hydrogen-bond donors (Lipinski definition) is 2. The van der Waals surface area contributed by atoms with Gasteiger partial charge in [0.2, 0.25) is 0 Å². The molecule has 5 nitrogen and oxygen atoms in total. The number of hydrogen-bond acceptors (Lipinski definition) is 4. The molecule has 2 N–H and O–H groups in total. The van der Waals surface area contributed by atoms with Crippen LogP contribution in [0.2, 0.25) is 0 Å². The molecule has 1 saturated heterocycles. The van der Waals surface area contributed by atoms with Crippen molar-refractivity contribution in [2.45, 2.75) is 6.42 Å². The van der Waals surface area contributed by atoms with Gasteiger partial charge in [0.15, 0.2) is 0 Å². The van der Waals surface area contributed by atoms with E-state index in [1.54, 1.807) is 12.3 Å². The topological polar surface area (TPSA) is 71.5 Å². The molecular formula is C14H16N2O3. The first-order valence-electron chi connectivity index (χ1n) is 6.21. The van der Waals surface area contributed by atoms with E-state index in [2.05, 4.69) is 22.1 Å². The Balaban J connectivity index is 2.01. The summed E-state index contributed by atoms with van der Waals surface area (Å²) in [6, 6.07) is 1.63. The number of ether oxygens (including phenoxy) is 1. The zero-order valence-corrected chi connectivity index (χ0v) is 10.6. The standard InChI is InChI=1S/C14H16N2O3/c17-6-1-2-12-9-15-5-3-13(12)14(18)16-8-11-4-7-19-10-11/h3,5,9,11,17H,4,6-8,10H2,(H,16,18). The molecule has 0 aliphatic carbocycles. The Bertz CT molecular complexity index is 499. The lowest BCUT2D eigenvalue weighted by atomic mass is 10.1. The molecule has 0 saturated carbocycles. The van der Waals surface area contributed by atoms with E-state index in [-0.39, 0.29) is 12.5 Å². The summed E-state index contributed by atoms with van der Waals surface area (Å²) in [6.07, 6.45) is 4.06. The first kappa shape index (κ1) is 13.5. The molecule has 0 spiro atoms. The summed E-state index contributed by atoms with van der Waals surface area (Å²) in [7, 11) is 0. The van der Waals surface area contributed by atoms with E-state index in [0.717, 1.165) is 13.0 Å². The van der Waals surface area contributed by atoms with Crippen molar-refractivity contribution in [1.29, 1.82) is 0 Å². The van der Waals surface area contributed by atoms with Crippen LogP contribution in [-0.2, 0) is 4.74 Å². The van der Waals surface area contributed by atoms with Gasteiger partial charge in [-0.2, -0.15) is 0 Å². The second kappa shape index (κ2) is 6.88. The SMILES string of the molecule is O=C(NCC1CCOC1)c1ccncc1C#CCO. The van der Waals surface area contributed by atoms with E-state index < -0.39 is 0 Å². The summed E-state index contributed by atoms with van der Waals surface area (Å²) in [5.41, 5.74) is 1.01. The quantitative estimate of drug-likeness (QED) is 0.761. The van der Waals surface area contributed by atoms with Crippen LogP contribution in [0.4, 0.5) is 0 Å². The van der Waals surface area contributed by atoms with Crippen LogP contribution in [0.15, 0.2) is 18.5 Å². The fourth-order valence-corrected chi connectivity index (χ4v) is 1.90. The fraction of sp³-hybridized carbons (Fsp3) is 0.429. The van der Waals surface area contributed by atoms with Gasteiger partial charge in [0.25, 0.3) is 5.91 Å². The third-order valence-corrected chi connectivity index (χ3v) is 2.94. The van der Waals surface area contributed by atoms with Crippen molar-refractivity contribution in [3.05, 3.63) is 29.6 Å². The average Bonchev–Trinajstić information content (AvgIpc) is 2.96. The minimum absolute atomic E-state index is 0.170. The normalized spacial score (nSPS) is 17.6. The third kappa shape index (κ3) is 3.78. The van der Waals surface area contributed by atoms with Gasteiger partial charge in [-0.3, -0.25) is 9.78 Å². The predicted octanol–water partition coefficient (Wildman–Crippen LogP) is 0.192. The third-order valence-electron chi connectivity index (χ3n) is 2.94. The average molecular weight is 260 g/mol. The molecule has 1 atom stereocenters. The van der Waals surface area contributed by atoms with Gasteiger partial charge in [-0.15, -0.1) is 0 Å². The summed E-state index contributed by atoms with van der Waals surface area (Å²) in [6.45, 7) is 1.83. The van der Waals surface area contributed by atoms with Crippen LogP contribution in [-0.4, -0.2) is 42.4 Å². The second-order valence-corrected chi connectivity index (χ2v) is 4.32. The van der Waals surface area contributed by atoms with Gasteiger partial charge in [-0.05, 0) is 12.5 Å². The van der Waals surface area contributed by atoms with Gasteiger partial charge in [-0.1, -0.05) is 11.8 Å². The van der Waals surface area contributed by atoms with Crippen molar-refractivity contribution < 1.29 is 14.6 Å². The van der Waals surface area contributed by atoms with E-state index in [1.807, 2.05) is 0 Å². The van der Waals surface area contributed by atoms with Crippen molar-refractivity contribution in [2.75, 3.05) is 26.4 Å². The first-order valence-corrected chi connectivity index (χ1v) is 6.21. The first-order chi connectivity index (χ1) is 9.31. The minimum Gasteiger partial charge on any atom is -0.384 e. The number of nitrogens with zero attached hydrogens (tertiary/aromatic N) is 1. The number of pyridine rings is 1. The molecule has 1 fully saturated rings. The number of aliphatic hydroxyl groups excluding tert-OH is 1. The van der Waals surface area contributed by atoms with Crippen molar-refractivity contribution >= 4 is 5.91 Å². The Morgan fingerprint density at radius 3 is 3.26 bits per heavy atom. The highest BCUT2D eigenvalue weighted by Crippen LogP contribution is 2.11. The molecule has 1 aliphatic rings. The number of amides is 1. The summed E-state index contributed by atoms with van der Waals surface area (Å²) >= 11 is 0. The summed E-state index contributed by atoms with van der Waals surface area (Å²) in [5.74, 6) is 5.46. The fourth-order valence-electron chi connectivity index (χ4n) is 1.90. The number of aliphatic hydroxyl groups is 1. The van der Waals surface area contributed by atoms with Crippen LogP contribution < -0.4 is 5.32 Å². The number of nitrogens with one attached hydrogen (secondary N) is 1. The number of rotatable bonds is 3. The molecule has 1 unspecified atom stereocenters. The van der Waals surface area contributed by atoms with Gasteiger partial charge < -0.3 is 15.2 Å². The highest BCUT2D eigenvalue weighted by molar-refractivity contribution is 5.96. The molecule has 1 amide bonds. The lowest BCUT2D eigenvalue weighted by Gasteiger charge is -2.10. The molecule has 2 rings (SSSR count). The van der Waals surface area contributed by atoms with Gasteiger partial charge in [-0.25, -0.2) is 0 Å². The Labute approximate surface area is 112 Å². The molecule has 1 aliphatic heterocycles. The molecule has 1 aromatic rings. The molecule has 19 heavy (non-hydrogen) atoms. The molecule has 0 bridgehead atoms. The molecule has 0 aromatic carbocycles. The van der Waals surface area contributed by atoms with Crippen LogP contribution in [0.3, 0.4) is 0 Å². The van der Waals surface area contributed by atoms with Crippen LogP contribution in [0.5, 0.6) is 0 Å². The smallest absolute Gasteiger partial charge is 0.252 e. The van der Waals surface area contributed by atoms with Crippen LogP contribution >= 0.6 is 0 Å². The van der Waals surface area contributed by atoms with Crippen LogP contribution in [0, 0.1) is 17.8 Å². The Hall–Kier alpha value is -1.90. The summed E-state index contributed by atoms with van der Waals surface area (Å²) in [4.78, 5) is 16.0. The molecular weight excluding hydrogens is 244 g/mol. The summed E-state index contributed by atoms with van der Waals surface area (Å²) < 4.78 is 5.26. The van der Waals surface area contributed by atoms with E-state index in [0.29, 0.717) is 30.2 Å². The zero-order chi connectivity index (χ0) is 13.5. The molecule has 100 valence electrons. The maximum absolute atomic E-state index is 12.1. The minimum atomic E-state index is -0.241. The van der Waals surface area contributed by atoms with Gasteiger partial charge >= 0.3 is 0 Å².